The molecular formula is C16H18N4O4S. The first kappa shape index (κ1) is 17.3. The Morgan fingerprint density at radius 3 is 2.80 bits per heavy atom. The molecule has 0 amide bonds. The molecule has 0 aliphatic heterocycles. The summed E-state index contributed by atoms with van der Waals surface area (Å²) >= 11 is 1.34. The Morgan fingerprint density at radius 1 is 1.16 bits per heavy atom. The van der Waals surface area contributed by atoms with Gasteiger partial charge >= 0.3 is 0 Å². The third kappa shape index (κ3) is 4.11. The first-order chi connectivity index (χ1) is 12.2. The molecule has 0 atom stereocenters. The van der Waals surface area contributed by atoms with Crippen molar-refractivity contribution < 1.29 is 18.4 Å². The molecule has 132 valence electrons. The van der Waals surface area contributed by atoms with E-state index in [1.165, 1.54) is 11.8 Å². The highest BCUT2D eigenvalue weighted by atomic mass is 32.2. The third-order valence-electron chi connectivity index (χ3n) is 3.35. The largest absolute Gasteiger partial charge is 0.497 e. The van der Waals surface area contributed by atoms with Crippen LogP contribution in [0.15, 0.2) is 32.4 Å². The molecule has 0 saturated carbocycles. The summed E-state index contributed by atoms with van der Waals surface area (Å²) in [5, 5.41) is 12.4. The second-order valence-corrected chi connectivity index (χ2v) is 6.01. The molecule has 0 radical (unpaired) electrons. The van der Waals surface area contributed by atoms with Crippen LogP contribution >= 0.6 is 11.8 Å². The van der Waals surface area contributed by atoms with Crippen LogP contribution in [0.4, 0.5) is 0 Å². The van der Waals surface area contributed by atoms with Gasteiger partial charge in [-0.05, 0) is 18.6 Å². The Kier molecular flexibility index (Phi) is 5.54. The van der Waals surface area contributed by atoms with Crippen LogP contribution in [0.2, 0.25) is 0 Å². The van der Waals surface area contributed by atoms with Gasteiger partial charge in [0.2, 0.25) is 5.89 Å². The number of hydrogen-bond acceptors (Lipinski definition) is 9. The molecule has 0 bridgehead atoms. The molecule has 0 unspecified atom stereocenters. The van der Waals surface area contributed by atoms with E-state index < -0.39 is 0 Å². The molecule has 0 saturated heterocycles. The van der Waals surface area contributed by atoms with Crippen LogP contribution in [0.5, 0.6) is 11.5 Å². The zero-order valence-electron chi connectivity index (χ0n) is 14.2. The van der Waals surface area contributed by atoms with Gasteiger partial charge in [-0.3, -0.25) is 0 Å². The van der Waals surface area contributed by atoms with Crippen LogP contribution in [0.3, 0.4) is 0 Å². The molecule has 0 aliphatic carbocycles. The van der Waals surface area contributed by atoms with E-state index in [0.29, 0.717) is 45.6 Å². The zero-order valence-corrected chi connectivity index (χ0v) is 15.0. The van der Waals surface area contributed by atoms with E-state index >= 15 is 0 Å². The van der Waals surface area contributed by atoms with Crippen molar-refractivity contribution in [3.8, 4) is 23.0 Å². The highest BCUT2D eigenvalue weighted by molar-refractivity contribution is 7.98. The van der Waals surface area contributed by atoms with Crippen LogP contribution < -0.4 is 9.47 Å². The van der Waals surface area contributed by atoms with Crippen LogP contribution in [0.1, 0.15) is 25.1 Å². The predicted molar refractivity (Wildman–Crippen MR) is 90.7 cm³/mol. The standard InChI is InChI=1S/C16H18N4O4S/c1-4-5-13-17-14(24-20-13)9-25-16-19-18-15(23-16)11-7-6-10(21-2)8-12(11)22-3/h6-8H,4-5,9H2,1-3H3. The molecule has 3 aromatic rings. The SMILES string of the molecule is CCCc1noc(CSc2nnc(-c3ccc(OC)cc3OC)o2)n1. The van der Waals surface area contributed by atoms with Gasteiger partial charge in [-0.25, -0.2) is 0 Å². The molecule has 0 N–H and O–H groups in total. The maximum absolute atomic E-state index is 5.69. The summed E-state index contributed by atoms with van der Waals surface area (Å²) in [6.45, 7) is 2.07. The monoisotopic (exact) mass is 362 g/mol. The topological polar surface area (TPSA) is 96.3 Å². The molecule has 0 spiro atoms. The molecule has 0 fully saturated rings. The maximum atomic E-state index is 5.69. The van der Waals surface area contributed by atoms with Crippen molar-refractivity contribution in [1.29, 1.82) is 0 Å². The summed E-state index contributed by atoms with van der Waals surface area (Å²) in [4.78, 5) is 4.30. The average molecular weight is 362 g/mol. The molecule has 2 heterocycles. The van der Waals surface area contributed by atoms with Gasteiger partial charge in [0.25, 0.3) is 11.1 Å². The summed E-state index contributed by atoms with van der Waals surface area (Å²) in [6, 6.07) is 5.39. The molecule has 1 aromatic carbocycles. The van der Waals surface area contributed by atoms with Crippen molar-refractivity contribution >= 4 is 11.8 Å². The highest BCUT2D eigenvalue weighted by Crippen LogP contribution is 2.34. The van der Waals surface area contributed by atoms with E-state index in [0.717, 1.165) is 12.8 Å². The lowest BCUT2D eigenvalue weighted by Crippen LogP contribution is -1.90. The Morgan fingerprint density at radius 2 is 2.04 bits per heavy atom. The molecular weight excluding hydrogens is 344 g/mol. The van der Waals surface area contributed by atoms with Gasteiger partial charge in [0.1, 0.15) is 11.5 Å². The Hall–Kier alpha value is -2.55. The number of aromatic nitrogens is 4. The summed E-state index contributed by atoms with van der Waals surface area (Å²) in [5.41, 5.74) is 0.700. The number of ether oxygens (including phenoxy) is 2. The summed E-state index contributed by atoms with van der Waals surface area (Å²) in [5.74, 6) is 3.38. The smallest absolute Gasteiger partial charge is 0.277 e. The van der Waals surface area contributed by atoms with Crippen molar-refractivity contribution in [2.75, 3.05) is 14.2 Å². The number of methoxy groups -OCH3 is 2. The second kappa shape index (κ2) is 8.02. The number of nitrogens with zero attached hydrogens (tertiary/aromatic N) is 4. The summed E-state index contributed by atoms with van der Waals surface area (Å²) in [6.07, 6.45) is 1.78. The van der Waals surface area contributed by atoms with Crippen molar-refractivity contribution in [2.24, 2.45) is 0 Å². The van der Waals surface area contributed by atoms with E-state index in [2.05, 4.69) is 27.3 Å². The minimum atomic E-state index is 0.374. The zero-order chi connectivity index (χ0) is 17.6. The molecule has 2 aromatic heterocycles. The van der Waals surface area contributed by atoms with Crippen molar-refractivity contribution in [3.05, 3.63) is 29.9 Å². The van der Waals surface area contributed by atoms with Gasteiger partial charge in [-0.2, -0.15) is 4.98 Å². The minimum absolute atomic E-state index is 0.374. The Labute approximate surface area is 148 Å². The molecule has 0 aliphatic rings. The molecule has 3 rings (SSSR count). The van der Waals surface area contributed by atoms with Crippen molar-refractivity contribution in [2.45, 2.75) is 30.7 Å². The quantitative estimate of drug-likeness (QED) is 0.559. The van der Waals surface area contributed by atoms with Crippen molar-refractivity contribution in [3.63, 3.8) is 0 Å². The van der Waals surface area contributed by atoms with Crippen LogP contribution in [-0.4, -0.2) is 34.6 Å². The summed E-state index contributed by atoms with van der Waals surface area (Å²) in [7, 11) is 3.17. The molecule has 25 heavy (non-hydrogen) atoms. The van der Waals surface area contributed by atoms with Crippen LogP contribution in [-0.2, 0) is 12.2 Å². The first-order valence-electron chi connectivity index (χ1n) is 7.73. The lowest BCUT2D eigenvalue weighted by molar-refractivity contribution is 0.383. The second-order valence-electron chi connectivity index (χ2n) is 5.08. The number of benzene rings is 1. The first-order valence-corrected chi connectivity index (χ1v) is 8.72. The Bertz CT molecular complexity index is 833. The van der Waals surface area contributed by atoms with Crippen LogP contribution in [0, 0.1) is 0 Å². The van der Waals surface area contributed by atoms with Gasteiger partial charge in [-0.1, -0.05) is 23.8 Å². The minimum Gasteiger partial charge on any atom is -0.497 e. The summed E-state index contributed by atoms with van der Waals surface area (Å²) < 4.78 is 21.4. The fourth-order valence-corrected chi connectivity index (χ4v) is 2.75. The number of aryl methyl sites for hydroxylation is 1. The highest BCUT2D eigenvalue weighted by Gasteiger charge is 2.16. The van der Waals surface area contributed by atoms with Gasteiger partial charge in [-0.15, -0.1) is 10.2 Å². The van der Waals surface area contributed by atoms with Gasteiger partial charge in [0.15, 0.2) is 5.82 Å². The maximum Gasteiger partial charge on any atom is 0.277 e. The van der Waals surface area contributed by atoms with Gasteiger partial charge < -0.3 is 18.4 Å². The van der Waals surface area contributed by atoms with Crippen molar-refractivity contribution in [1.82, 2.24) is 20.3 Å². The van der Waals surface area contributed by atoms with Gasteiger partial charge in [0, 0.05) is 12.5 Å². The van der Waals surface area contributed by atoms with E-state index in [1.807, 2.05) is 12.1 Å². The van der Waals surface area contributed by atoms with E-state index in [9.17, 15) is 0 Å². The van der Waals surface area contributed by atoms with E-state index in [-0.39, 0.29) is 0 Å². The fraction of sp³-hybridized carbons (Fsp3) is 0.375. The predicted octanol–water partition coefficient (Wildman–Crippen LogP) is 3.38. The van der Waals surface area contributed by atoms with Gasteiger partial charge in [0.05, 0.1) is 25.5 Å². The lowest BCUT2D eigenvalue weighted by atomic mass is 10.2. The molecule has 9 heteroatoms. The normalized spacial score (nSPS) is 10.8. The number of hydrogen-bond donors (Lipinski definition) is 0. The average Bonchev–Trinajstić information content (AvgIpc) is 3.29. The number of rotatable bonds is 8. The van der Waals surface area contributed by atoms with E-state index in [4.69, 9.17) is 18.4 Å². The molecule has 8 nitrogen and oxygen atoms in total. The fourth-order valence-electron chi connectivity index (χ4n) is 2.15. The van der Waals surface area contributed by atoms with E-state index in [1.54, 1.807) is 20.3 Å². The lowest BCUT2D eigenvalue weighted by Gasteiger charge is -2.07. The van der Waals surface area contributed by atoms with Crippen LogP contribution in [0.25, 0.3) is 11.5 Å². The Balaban J connectivity index is 1.69. The third-order valence-corrected chi connectivity index (χ3v) is 4.15. The number of thioether (sulfide) groups is 1.